The maximum atomic E-state index is 13.3. The summed E-state index contributed by atoms with van der Waals surface area (Å²) < 4.78 is 0. The van der Waals surface area contributed by atoms with Gasteiger partial charge in [0.15, 0.2) is 0 Å². The van der Waals surface area contributed by atoms with Crippen molar-refractivity contribution in [2.24, 2.45) is 0 Å². The highest BCUT2D eigenvalue weighted by Crippen LogP contribution is 2.35. The molecule has 0 aliphatic heterocycles. The lowest BCUT2D eigenvalue weighted by atomic mass is 9.92. The molecule has 33 heavy (non-hydrogen) atoms. The molecule has 0 fully saturated rings. The van der Waals surface area contributed by atoms with E-state index in [0.29, 0.717) is 17.9 Å². The largest absolute Gasteiger partial charge is 0.350 e. The molecule has 166 valence electrons. The van der Waals surface area contributed by atoms with Gasteiger partial charge in [-0.3, -0.25) is 9.69 Å². The number of likely N-dealkylation sites (N-methyl/N-ethyl adjacent to an activating group) is 1. The first-order valence-electron chi connectivity index (χ1n) is 11.3. The Morgan fingerprint density at radius 1 is 0.970 bits per heavy atom. The SMILES string of the molecule is CN(Cc1ccccc1)C1(CNC(=O)c2ccccc2-c2ncc[nH]2)Cc2ccccc2C1. The van der Waals surface area contributed by atoms with Crippen LogP contribution in [0.2, 0.25) is 0 Å². The van der Waals surface area contributed by atoms with Crippen LogP contribution in [-0.2, 0) is 19.4 Å². The van der Waals surface area contributed by atoms with Gasteiger partial charge in [-0.2, -0.15) is 0 Å². The van der Waals surface area contributed by atoms with Gasteiger partial charge >= 0.3 is 0 Å². The topological polar surface area (TPSA) is 61.0 Å². The maximum absolute atomic E-state index is 13.3. The predicted octanol–water partition coefficient (Wildman–Crippen LogP) is 4.48. The second-order valence-corrected chi connectivity index (χ2v) is 8.85. The molecule has 4 aromatic rings. The Labute approximate surface area is 194 Å². The molecule has 1 aromatic heterocycles. The van der Waals surface area contributed by atoms with Gasteiger partial charge in [-0.25, -0.2) is 4.98 Å². The van der Waals surface area contributed by atoms with E-state index in [9.17, 15) is 4.79 Å². The highest BCUT2D eigenvalue weighted by atomic mass is 16.1. The van der Waals surface area contributed by atoms with E-state index in [1.165, 1.54) is 16.7 Å². The van der Waals surface area contributed by atoms with Crippen molar-refractivity contribution >= 4 is 5.91 Å². The number of hydrogen-bond acceptors (Lipinski definition) is 3. The minimum atomic E-state index is -0.186. The molecule has 3 aromatic carbocycles. The smallest absolute Gasteiger partial charge is 0.252 e. The number of imidazole rings is 1. The monoisotopic (exact) mass is 436 g/mol. The molecule has 0 spiro atoms. The van der Waals surface area contributed by atoms with Crippen LogP contribution in [0.5, 0.6) is 0 Å². The lowest BCUT2D eigenvalue weighted by Crippen LogP contribution is -2.54. The molecule has 0 unspecified atom stereocenters. The summed E-state index contributed by atoms with van der Waals surface area (Å²) in [6, 6.07) is 26.7. The lowest BCUT2D eigenvalue weighted by molar-refractivity contribution is 0.0857. The summed E-state index contributed by atoms with van der Waals surface area (Å²) in [6.45, 7) is 1.39. The minimum Gasteiger partial charge on any atom is -0.350 e. The number of aromatic nitrogens is 2. The van der Waals surface area contributed by atoms with Crippen LogP contribution >= 0.6 is 0 Å². The highest BCUT2D eigenvalue weighted by Gasteiger charge is 2.41. The van der Waals surface area contributed by atoms with Gasteiger partial charge in [-0.15, -0.1) is 0 Å². The van der Waals surface area contributed by atoms with E-state index < -0.39 is 0 Å². The Hall–Kier alpha value is -3.70. The van der Waals surface area contributed by atoms with Crippen molar-refractivity contribution < 1.29 is 4.79 Å². The van der Waals surface area contributed by atoms with E-state index in [1.807, 2.05) is 30.3 Å². The number of H-pyrrole nitrogens is 1. The Kier molecular flexibility index (Phi) is 5.80. The fourth-order valence-corrected chi connectivity index (χ4v) is 4.87. The maximum Gasteiger partial charge on any atom is 0.252 e. The van der Waals surface area contributed by atoms with Crippen molar-refractivity contribution in [2.75, 3.05) is 13.6 Å². The van der Waals surface area contributed by atoms with Crippen LogP contribution in [0.25, 0.3) is 11.4 Å². The zero-order chi connectivity index (χ0) is 22.7. The van der Waals surface area contributed by atoms with Crippen molar-refractivity contribution in [3.63, 3.8) is 0 Å². The van der Waals surface area contributed by atoms with E-state index in [-0.39, 0.29) is 11.4 Å². The van der Waals surface area contributed by atoms with Crippen molar-refractivity contribution in [3.05, 3.63) is 114 Å². The quantitative estimate of drug-likeness (QED) is 0.449. The number of benzene rings is 3. The normalized spacial score (nSPS) is 14.2. The number of nitrogens with zero attached hydrogens (tertiary/aromatic N) is 2. The standard InChI is InChI=1S/C28H28N4O/c1-32(19-21-9-3-2-4-10-21)28(17-22-11-5-6-12-23(22)18-28)20-31-27(33)25-14-8-7-13-24(25)26-29-15-16-30-26/h2-16H,17-20H2,1H3,(H,29,30)(H,31,33). The summed E-state index contributed by atoms with van der Waals surface area (Å²) >= 11 is 0. The summed E-state index contributed by atoms with van der Waals surface area (Å²) in [5.41, 5.74) is 5.25. The van der Waals surface area contributed by atoms with Crippen molar-refractivity contribution in [3.8, 4) is 11.4 Å². The molecule has 1 amide bonds. The number of fused-ring (bicyclic) bond motifs is 1. The molecule has 1 aliphatic rings. The van der Waals surface area contributed by atoms with Crippen molar-refractivity contribution in [1.29, 1.82) is 0 Å². The Bertz CT molecular complexity index is 1210. The summed E-state index contributed by atoms with van der Waals surface area (Å²) in [6.07, 6.45) is 5.29. The van der Waals surface area contributed by atoms with Crippen LogP contribution in [0.3, 0.4) is 0 Å². The third kappa shape index (κ3) is 4.32. The molecule has 5 heteroatoms. The van der Waals surface area contributed by atoms with Crippen LogP contribution in [0, 0.1) is 0 Å². The molecule has 2 N–H and O–H groups in total. The first kappa shape index (κ1) is 21.2. The lowest BCUT2D eigenvalue weighted by Gasteiger charge is -2.39. The Morgan fingerprint density at radius 3 is 2.33 bits per heavy atom. The molecular weight excluding hydrogens is 408 g/mol. The van der Waals surface area contributed by atoms with Gasteiger partial charge in [0.2, 0.25) is 0 Å². The van der Waals surface area contributed by atoms with Crippen LogP contribution < -0.4 is 5.32 Å². The van der Waals surface area contributed by atoms with Crippen LogP contribution in [-0.4, -0.2) is 39.9 Å². The first-order valence-corrected chi connectivity index (χ1v) is 11.3. The third-order valence-electron chi connectivity index (χ3n) is 6.73. The summed E-state index contributed by atoms with van der Waals surface area (Å²) in [5, 5.41) is 3.26. The minimum absolute atomic E-state index is 0.0783. The van der Waals surface area contributed by atoms with Gasteiger partial charge < -0.3 is 10.3 Å². The number of aromatic amines is 1. The molecule has 1 heterocycles. The number of nitrogens with one attached hydrogen (secondary N) is 2. The van der Waals surface area contributed by atoms with E-state index in [1.54, 1.807) is 12.4 Å². The van der Waals surface area contributed by atoms with Gasteiger partial charge in [0.25, 0.3) is 5.91 Å². The Morgan fingerprint density at radius 2 is 1.64 bits per heavy atom. The second-order valence-electron chi connectivity index (χ2n) is 8.85. The highest BCUT2D eigenvalue weighted by molar-refractivity contribution is 6.00. The first-order chi connectivity index (χ1) is 16.1. The average molecular weight is 437 g/mol. The molecule has 0 saturated heterocycles. The third-order valence-corrected chi connectivity index (χ3v) is 6.73. The van der Waals surface area contributed by atoms with E-state index in [2.05, 4.69) is 75.8 Å². The number of carbonyl (C=O) groups is 1. The molecule has 0 atom stereocenters. The fraction of sp³-hybridized carbons (Fsp3) is 0.214. The zero-order valence-electron chi connectivity index (χ0n) is 18.8. The van der Waals surface area contributed by atoms with Gasteiger partial charge in [0.1, 0.15) is 5.82 Å². The van der Waals surface area contributed by atoms with Crippen molar-refractivity contribution in [2.45, 2.75) is 24.9 Å². The Balaban J connectivity index is 1.39. The molecular formula is C28H28N4O. The molecule has 0 saturated carbocycles. The van der Waals surface area contributed by atoms with Crippen LogP contribution in [0.4, 0.5) is 0 Å². The molecule has 1 aliphatic carbocycles. The number of hydrogen-bond donors (Lipinski definition) is 2. The second kappa shape index (κ2) is 9.04. The molecule has 0 bridgehead atoms. The van der Waals surface area contributed by atoms with Gasteiger partial charge in [0.05, 0.1) is 5.56 Å². The number of rotatable bonds is 7. The van der Waals surface area contributed by atoms with E-state index >= 15 is 0 Å². The summed E-state index contributed by atoms with van der Waals surface area (Å²) in [5.74, 6) is 0.621. The van der Waals surface area contributed by atoms with Crippen molar-refractivity contribution in [1.82, 2.24) is 20.2 Å². The fourth-order valence-electron chi connectivity index (χ4n) is 4.87. The predicted molar refractivity (Wildman–Crippen MR) is 131 cm³/mol. The molecule has 5 rings (SSSR count). The molecule has 5 nitrogen and oxygen atoms in total. The number of amides is 1. The summed E-state index contributed by atoms with van der Waals surface area (Å²) in [4.78, 5) is 23.2. The van der Waals surface area contributed by atoms with Gasteiger partial charge in [-0.05, 0) is 42.6 Å². The zero-order valence-corrected chi connectivity index (χ0v) is 18.8. The molecule has 0 radical (unpaired) electrons. The number of carbonyl (C=O) groups excluding carboxylic acids is 1. The van der Waals surface area contributed by atoms with Crippen LogP contribution in [0.15, 0.2) is 91.3 Å². The van der Waals surface area contributed by atoms with Gasteiger partial charge in [0, 0.05) is 36.6 Å². The van der Waals surface area contributed by atoms with E-state index in [4.69, 9.17) is 0 Å². The van der Waals surface area contributed by atoms with Crippen LogP contribution in [0.1, 0.15) is 27.0 Å². The average Bonchev–Trinajstić information content (AvgIpc) is 3.52. The van der Waals surface area contributed by atoms with E-state index in [0.717, 1.165) is 24.9 Å². The van der Waals surface area contributed by atoms with Gasteiger partial charge in [-0.1, -0.05) is 72.8 Å². The summed E-state index contributed by atoms with van der Waals surface area (Å²) in [7, 11) is 2.17.